The van der Waals surface area contributed by atoms with E-state index in [-0.39, 0.29) is 13.0 Å². The molecule has 0 aromatic heterocycles. The molecule has 23 heavy (non-hydrogen) atoms. The zero-order valence-corrected chi connectivity index (χ0v) is 13.2. The van der Waals surface area contributed by atoms with Gasteiger partial charge in [-0.3, -0.25) is 4.79 Å². The summed E-state index contributed by atoms with van der Waals surface area (Å²) in [5, 5.41) is 15.6. The molecule has 0 heterocycles. The molecule has 2 amide bonds. The number of ether oxygens (including phenoxy) is 1. The fourth-order valence-corrected chi connectivity index (χ4v) is 1.84. The second kappa shape index (κ2) is 9.45. The fraction of sp³-hybridized carbons (Fsp3) is 0.438. The number of alkyl carbamates (subject to hydrolysis) is 1. The lowest BCUT2D eigenvalue weighted by Gasteiger charge is -2.21. The van der Waals surface area contributed by atoms with Gasteiger partial charge in [-0.05, 0) is 18.9 Å². The third-order valence-corrected chi connectivity index (χ3v) is 3.12. The second-order valence-corrected chi connectivity index (χ2v) is 5.10. The molecule has 0 saturated heterocycles. The van der Waals surface area contributed by atoms with Gasteiger partial charge in [0.2, 0.25) is 5.91 Å². The van der Waals surface area contributed by atoms with Gasteiger partial charge in [0.25, 0.3) is 0 Å². The number of hydrogen-bond donors (Lipinski definition) is 2. The maximum atomic E-state index is 11.9. The van der Waals surface area contributed by atoms with E-state index in [1.165, 1.54) is 6.92 Å². The lowest BCUT2D eigenvalue weighted by atomic mass is 10.1. The van der Waals surface area contributed by atoms with Crippen LogP contribution < -0.4 is 15.7 Å². The number of carboxylic acids is 1. The van der Waals surface area contributed by atoms with Gasteiger partial charge in [0.05, 0.1) is 12.0 Å². The summed E-state index contributed by atoms with van der Waals surface area (Å²) in [4.78, 5) is 34.4. The molecule has 0 radical (unpaired) electrons. The van der Waals surface area contributed by atoms with Crippen molar-refractivity contribution in [2.45, 2.75) is 45.4 Å². The first kappa shape index (κ1) is 18.5. The summed E-state index contributed by atoms with van der Waals surface area (Å²) in [6.45, 7) is 3.32. The number of aliphatic carboxylic acids is 1. The van der Waals surface area contributed by atoms with Gasteiger partial charge in [-0.2, -0.15) is 0 Å². The number of amides is 2. The molecule has 7 heteroatoms. The van der Waals surface area contributed by atoms with E-state index in [0.717, 1.165) is 5.56 Å². The molecular weight excluding hydrogens is 300 g/mol. The predicted octanol–water partition coefficient (Wildman–Crippen LogP) is 0.336. The molecule has 0 saturated carbocycles. The van der Waals surface area contributed by atoms with Crippen LogP contribution in [0.15, 0.2) is 30.3 Å². The largest absolute Gasteiger partial charge is 0.548 e. The highest BCUT2D eigenvalue weighted by Gasteiger charge is 2.20. The van der Waals surface area contributed by atoms with E-state index in [2.05, 4.69) is 10.6 Å². The van der Waals surface area contributed by atoms with Crippen molar-refractivity contribution in [1.82, 2.24) is 10.6 Å². The highest BCUT2D eigenvalue weighted by atomic mass is 16.5. The zero-order chi connectivity index (χ0) is 17.2. The second-order valence-electron chi connectivity index (χ2n) is 5.10. The Morgan fingerprint density at radius 2 is 1.83 bits per heavy atom. The molecule has 0 unspecified atom stereocenters. The van der Waals surface area contributed by atoms with E-state index >= 15 is 0 Å². The van der Waals surface area contributed by atoms with Crippen LogP contribution in [0.1, 0.15) is 32.3 Å². The predicted molar refractivity (Wildman–Crippen MR) is 81.1 cm³/mol. The topological polar surface area (TPSA) is 108 Å². The van der Waals surface area contributed by atoms with Crippen LogP contribution in [0.25, 0.3) is 0 Å². The van der Waals surface area contributed by atoms with Crippen molar-refractivity contribution in [2.75, 3.05) is 0 Å². The Morgan fingerprint density at radius 3 is 2.39 bits per heavy atom. The number of carbonyl (C=O) groups excluding carboxylic acids is 3. The molecule has 126 valence electrons. The molecule has 2 atom stereocenters. The zero-order valence-electron chi connectivity index (χ0n) is 13.2. The van der Waals surface area contributed by atoms with Gasteiger partial charge < -0.3 is 25.3 Å². The minimum absolute atomic E-state index is 0.0819. The summed E-state index contributed by atoms with van der Waals surface area (Å²) in [6.07, 6.45) is 0.0935. The molecule has 0 spiro atoms. The van der Waals surface area contributed by atoms with Crippen LogP contribution in [0, 0.1) is 0 Å². The monoisotopic (exact) mass is 321 g/mol. The first-order valence-electron chi connectivity index (χ1n) is 7.42. The Kier molecular flexibility index (Phi) is 7.59. The molecule has 0 aliphatic carbocycles. The lowest BCUT2D eigenvalue weighted by Crippen LogP contribution is -2.53. The van der Waals surface area contributed by atoms with Gasteiger partial charge in [0.15, 0.2) is 0 Å². The molecule has 7 nitrogen and oxygen atoms in total. The smallest absolute Gasteiger partial charge is 0.408 e. The van der Waals surface area contributed by atoms with Crippen LogP contribution in [-0.2, 0) is 20.9 Å². The number of rotatable bonds is 8. The average molecular weight is 321 g/mol. The summed E-state index contributed by atoms with van der Waals surface area (Å²) in [6, 6.07) is 7.10. The Morgan fingerprint density at radius 1 is 1.17 bits per heavy atom. The van der Waals surface area contributed by atoms with E-state index in [9.17, 15) is 19.5 Å². The summed E-state index contributed by atoms with van der Waals surface area (Å²) in [5.41, 5.74) is 0.819. The lowest BCUT2D eigenvalue weighted by molar-refractivity contribution is -0.308. The molecule has 0 aliphatic heterocycles. The number of carbonyl (C=O) groups is 3. The van der Waals surface area contributed by atoms with Crippen LogP contribution in [0.5, 0.6) is 0 Å². The van der Waals surface area contributed by atoms with Gasteiger partial charge in [-0.25, -0.2) is 4.79 Å². The Bertz CT molecular complexity index is 533. The van der Waals surface area contributed by atoms with Crippen LogP contribution in [-0.4, -0.2) is 30.1 Å². The Balaban J connectivity index is 2.41. The van der Waals surface area contributed by atoms with Gasteiger partial charge in [-0.1, -0.05) is 43.7 Å². The first-order valence-corrected chi connectivity index (χ1v) is 7.42. The van der Waals surface area contributed by atoms with Crippen molar-refractivity contribution >= 4 is 18.0 Å². The third-order valence-electron chi connectivity index (χ3n) is 3.12. The van der Waals surface area contributed by atoms with Crippen molar-refractivity contribution in [3.05, 3.63) is 35.9 Å². The van der Waals surface area contributed by atoms with Crippen molar-refractivity contribution in [3.8, 4) is 0 Å². The third kappa shape index (κ3) is 6.82. The summed E-state index contributed by atoms with van der Waals surface area (Å²) >= 11 is 0. The average Bonchev–Trinajstić information content (AvgIpc) is 2.53. The molecule has 1 aromatic rings. The number of carboxylic acid groups (broad SMARTS) is 1. The van der Waals surface area contributed by atoms with Crippen LogP contribution in [0.3, 0.4) is 0 Å². The SMILES string of the molecule is CCC[C@@H](NC(=O)[C@H](C)NC(=O)OCc1ccccc1)C(=O)[O-]. The van der Waals surface area contributed by atoms with Crippen LogP contribution >= 0.6 is 0 Å². The number of benzene rings is 1. The van der Waals surface area contributed by atoms with Gasteiger partial charge in [-0.15, -0.1) is 0 Å². The summed E-state index contributed by atoms with van der Waals surface area (Å²) in [7, 11) is 0. The number of nitrogens with one attached hydrogen (secondary N) is 2. The molecule has 0 bridgehead atoms. The maximum Gasteiger partial charge on any atom is 0.408 e. The van der Waals surface area contributed by atoms with E-state index in [0.29, 0.717) is 6.42 Å². The Hall–Kier alpha value is -2.57. The quantitative estimate of drug-likeness (QED) is 0.718. The van der Waals surface area contributed by atoms with Crippen molar-refractivity contribution in [3.63, 3.8) is 0 Å². The van der Waals surface area contributed by atoms with Crippen molar-refractivity contribution < 1.29 is 24.2 Å². The Labute approximate surface area is 135 Å². The van der Waals surface area contributed by atoms with E-state index in [1.54, 1.807) is 19.1 Å². The van der Waals surface area contributed by atoms with E-state index in [1.807, 2.05) is 18.2 Å². The molecule has 0 fully saturated rings. The molecule has 0 aliphatic rings. The molecule has 2 N–H and O–H groups in total. The van der Waals surface area contributed by atoms with Crippen LogP contribution in [0.4, 0.5) is 4.79 Å². The van der Waals surface area contributed by atoms with Crippen molar-refractivity contribution in [2.24, 2.45) is 0 Å². The molecule has 1 aromatic carbocycles. The van der Waals surface area contributed by atoms with Crippen LogP contribution in [0.2, 0.25) is 0 Å². The van der Waals surface area contributed by atoms with E-state index in [4.69, 9.17) is 4.74 Å². The summed E-state index contributed by atoms with van der Waals surface area (Å²) in [5.74, 6) is -1.96. The van der Waals surface area contributed by atoms with E-state index < -0.39 is 30.1 Å². The normalized spacial score (nSPS) is 12.8. The van der Waals surface area contributed by atoms with Crippen molar-refractivity contribution in [1.29, 1.82) is 0 Å². The van der Waals surface area contributed by atoms with Gasteiger partial charge >= 0.3 is 6.09 Å². The minimum Gasteiger partial charge on any atom is -0.548 e. The van der Waals surface area contributed by atoms with Gasteiger partial charge in [0, 0.05) is 0 Å². The highest BCUT2D eigenvalue weighted by Crippen LogP contribution is 2.01. The summed E-state index contributed by atoms with van der Waals surface area (Å²) < 4.78 is 4.99. The molecular formula is C16H21N2O5-. The highest BCUT2D eigenvalue weighted by molar-refractivity contribution is 5.88. The minimum atomic E-state index is -1.35. The standard InChI is InChI=1S/C16H22N2O5/c1-3-7-13(15(20)21)18-14(19)11(2)17-16(22)23-10-12-8-5-4-6-9-12/h4-6,8-9,11,13H,3,7,10H2,1-2H3,(H,17,22)(H,18,19)(H,20,21)/p-1/t11-,13+/m0/s1. The maximum absolute atomic E-state index is 11.9. The number of hydrogen-bond acceptors (Lipinski definition) is 5. The van der Waals surface area contributed by atoms with Gasteiger partial charge in [0.1, 0.15) is 12.6 Å². The molecule has 1 rings (SSSR count). The fourth-order valence-electron chi connectivity index (χ4n) is 1.84. The first-order chi connectivity index (χ1) is 10.9.